The quantitative estimate of drug-likeness (QED) is 0.673. The van der Waals surface area contributed by atoms with Crippen molar-refractivity contribution in [2.75, 3.05) is 13.2 Å². The molecule has 0 atom stereocenters. The molecule has 0 spiro atoms. The predicted octanol–water partition coefficient (Wildman–Crippen LogP) is 4.77. The summed E-state index contributed by atoms with van der Waals surface area (Å²) < 4.78 is 11.4. The fourth-order valence-electron chi connectivity index (χ4n) is 3.84. The van der Waals surface area contributed by atoms with E-state index in [-0.39, 0.29) is 5.43 Å². The number of nitrogens with one attached hydrogen (secondary N) is 1. The van der Waals surface area contributed by atoms with Gasteiger partial charge in [-0.2, -0.15) is 0 Å². The van der Waals surface area contributed by atoms with Crippen LogP contribution in [0.1, 0.15) is 36.1 Å². The molecule has 3 aromatic rings. The van der Waals surface area contributed by atoms with Crippen LogP contribution in [0.3, 0.4) is 0 Å². The van der Waals surface area contributed by atoms with Gasteiger partial charge in [-0.3, -0.25) is 4.79 Å². The molecule has 1 aromatic heterocycles. The summed E-state index contributed by atoms with van der Waals surface area (Å²) >= 11 is 0. The van der Waals surface area contributed by atoms with Gasteiger partial charge in [0.15, 0.2) is 5.43 Å². The fourth-order valence-corrected chi connectivity index (χ4v) is 3.84. The number of aromatic amines is 1. The number of pyridine rings is 1. The van der Waals surface area contributed by atoms with Gasteiger partial charge in [0.2, 0.25) is 0 Å². The number of aryl methyl sites for hydroxylation is 1. The summed E-state index contributed by atoms with van der Waals surface area (Å²) in [4.78, 5) is 15.9. The van der Waals surface area contributed by atoms with Crippen LogP contribution in [0.5, 0.6) is 5.75 Å². The molecule has 4 nitrogen and oxygen atoms in total. The van der Waals surface area contributed by atoms with Gasteiger partial charge in [0, 0.05) is 29.7 Å². The first-order chi connectivity index (χ1) is 13.7. The van der Waals surface area contributed by atoms with E-state index in [0.29, 0.717) is 12.2 Å². The summed E-state index contributed by atoms with van der Waals surface area (Å²) in [6, 6.07) is 15.9. The molecule has 2 heterocycles. The molecule has 0 radical (unpaired) electrons. The zero-order chi connectivity index (χ0) is 19.3. The lowest BCUT2D eigenvalue weighted by Gasteiger charge is -2.21. The summed E-state index contributed by atoms with van der Waals surface area (Å²) in [6.07, 6.45) is 4.69. The lowest BCUT2D eigenvalue weighted by molar-refractivity contribution is 0.0640. The number of benzene rings is 2. The van der Waals surface area contributed by atoms with Crippen LogP contribution >= 0.6 is 0 Å². The van der Waals surface area contributed by atoms with E-state index in [0.717, 1.165) is 47.9 Å². The van der Waals surface area contributed by atoms with Crippen LogP contribution in [0.2, 0.25) is 0 Å². The number of para-hydroxylation sites is 1. The van der Waals surface area contributed by atoms with Crippen molar-refractivity contribution in [2.24, 2.45) is 5.92 Å². The highest BCUT2D eigenvalue weighted by molar-refractivity contribution is 5.79. The lowest BCUT2D eigenvalue weighted by atomic mass is 9.93. The van der Waals surface area contributed by atoms with Crippen LogP contribution in [0, 0.1) is 12.8 Å². The highest BCUT2D eigenvalue weighted by Gasteiger charge is 2.13. The van der Waals surface area contributed by atoms with E-state index in [4.69, 9.17) is 9.47 Å². The Morgan fingerprint density at radius 3 is 2.61 bits per heavy atom. The number of H-pyrrole nitrogens is 1. The number of ether oxygens (including phenoxy) is 2. The van der Waals surface area contributed by atoms with E-state index in [9.17, 15) is 4.79 Å². The maximum atomic E-state index is 12.5. The summed E-state index contributed by atoms with van der Waals surface area (Å²) in [6.45, 7) is 4.03. The Balaban J connectivity index is 1.38. The molecule has 0 bridgehead atoms. The number of aromatic nitrogens is 1. The second-order valence-corrected chi connectivity index (χ2v) is 7.63. The third-order valence-corrected chi connectivity index (χ3v) is 5.74. The number of rotatable bonds is 6. The zero-order valence-corrected chi connectivity index (χ0v) is 16.4. The molecule has 1 aliphatic heterocycles. The van der Waals surface area contributed by atoms with Gasteiger partial charge in [-0.1, -0.05) is 24.3 Å². The van der Waals surface area contributed by atoms with Gasteiger partial charge in [-0.05, 0) is 68.4 Å². The largest absolute Gasteiger partial charge is 0.487 e. The van der Waals surface area contributed by atoms with Crippen molar-refractivity contribution in [3.63, 3.8) is 0 Å². The number of hydrogen-bond donors (Lipinski definition) is 1. The van der Waals surface area contributed by atoms with Crippen molar-refractivity contribution in [1.29, 1.82) is 0 Å². The Hall–Kier alpha value is -2.59. The lowest BCUT2D eigenvalue weighted by Crippen LogP contribution is -2.16. The molecule has 1 fully saturated rings. The highest BCUT2D eigenvalue weighted by Crippen LogP contribution is 2.22. The minimum atomic E-state index is 0.0661. The molecule has 0 saturated carbocycles. The van der Waals surface area contributed by atoms with Crippen molar-refractivity contribution < 1.29 is 9.47 Å². The van der Waals surface area contributed by atoms with E-state index >= 15 is 0 Å². The van der Waals surface area contributed by atoms with Gasteiger partial charge >= 0.3 is 0 Å². The van der Waals surface area contributed by atoms with Gasteiger partial charge in [-0.15, -0.1) is 0 Å². The maximum absolute atomic E-state index is 12.5. The normalized spacial score (nSPS) is 15.0. The standard InChI is InChI=1S/C24H27NO3/c1-17-23(25-22-5-3-2-4-21(22)24(17)26)16-28-20-10-8-18(9-11-20)6-7-19-12-14-27-15-13-19/h2-5,8-11,19H,6-7,12-16H2,1H3,(H,25,26). The second kappa shape index (κ2) is 8.61. The van der Waals surface area contributed by atoms with E-state index in [2.05, 4.69) is 17.1 Å². The number of hydrogen-bond acceptors (Lipinski definition) is 3. The first-order valence-electron chi connectivity index (χ1n) is 10.1. The van der Waals surface area contributed by atoms with E-state index in [1.807, 2.05) is 43.3 Å². The minimum absolute atomic E-state index is 0.0661. The van der Waals surface area contributed by atoms with Gasteiger partial charge in [0.1, 0.15) is 12.4 Å². The summed E-state index contributed by atoms with van der Waals surface area (Å²) in [7, 11) is 0. The molecule has 28 heavy (non-hydrogen) atoms. The zero-order valence-electron chi connectivity index (χ0n) is 16.4. The van der Waals surface area contributed by atoms with Crippen molar-refractivity contribution in [2.45, 2.75) is 39.2 Å². The third-order valence-electron chi connectivity index (χ3n) is 5.74. The van der Waals surface area contributed by atoms with Crippen molar-refractivity contribution >= 4 is 10.9 Å². The van der Waals surface area contributed by atoms with Gasteiger partial charge in [0.25, 0.3) is 0 Å². The Morgan fingerprint density at radius 1 is 1.07 bits per heavy atom. The van der Waals surface area contributed by atoms with E-state index < -0.39 is 0 Å². The average molecular weight is 377 g/mol. The Labute approximate surface area is 165 Å². The summed E-state index contributed by atoms with van der Waals surface area (Å²) in [5, 5.41) is 0.720. The Morgan fingerprint density at radius 2 is 1.82 bits per heavy atom. The molecule has 0 amide bonds. The third kappa shape index (κ3) is 4.28. The SMILES string of the molecule is Cc1c(COc2ccc(CCC3CCOCC3)cc2)[nH]c2ccccc2c1=O. The van der Waals surface area contributed by atoms with Crippen molar-refractivity contribution in [1.82, 2.24) is 4.98 Å². The first-order valence-corrected chi connectivity index (χ1v) is 10.1. The smallest absolute Gasteiger partial charge is 0.192 e. The van der Waals surface area contributed by atoms with Gasteiger partial charge in [-0.25, -0.2) is 0 Å². The Kier molecular flexibility index (Phi) is 5.77. The molecule has 4 rings (SSSR count). The molecule has 4 heteroatoms. The highest BCUT2D eigenvalue weighted by atomic mass is 16.5. The summed E-state index contributed by atoms with van der Waals surface area (Å²) in [5.41, 5.74) is 3.80. The molecule has 0 unspecified atom stereocenters. The monoisotopic (exact) mass is 377 g/mol. The average Bonchev–Trinajstić information content (AvgIpc) is 2.75. The molecule has 1 aliphatic rings. The van der Waals surface area contributed by atoms with E-state index in [1.54, 1.807) is 0 Å². The van der Waals surface area contributed by atoms with Crippen LogP contribution in [-0.4, -0.2) is 18.2 Å². The molecule has 1 N–H and O–H groups in total. The minimum Gasteiger partial charge on any atom is -0.487 e. The summed E-state index contributed by atoms with van der Waals surface area (Å²) in [5.74, 6) is 1.61. The first kappa shape index (κ1) is 18.8. The molecule has 1 saturated heterocycles. The maximum Gasteiger partial charge on any atom is 0.192 e. The van der Waals surface area contributed by atoms with Crippen LogP contribution in [0.25, 0.3) is 10.9 Å². The second-order valence-electron chi connectivity index (χ2n) is 7.63. The van der Waals surface area contributed by atoms with Gasteiger partial charge in [0.05, 0.1) is 5.69 Å². The molecule has 2 aromatic carbocycles. The van der Waals surface area contributed by atoms with Crippen LogP contribution < -0.4 is 10.2 Å². The topological polar surface area (TPSA) is 51.3 Å². The molecular formula is C24H27NO3. The van der Waals surface area contributed by atoms with Crippen LogP contribution in [-0.2, 0) is 17.8 Å². The number of fused-ring (bicyclic) bond motifs is 1. The molecule has 146 valence electrons. The predicted molar refractivity (Wildman–Crippen MR) is 112 cm³/mol. The van der Waals surface area contributed by atoms with E-state index in [1.165, 1.54) is 24.8 Å². The van der Waals surface area contributed by atoms with Crippen molar-refractivity contribution in [3.8, 4) is 5.75 Å². The van der Waals surface area contributed by atoms with Crippen LogP contribution in [0.4, 0.5) is 0 Å². The molecular weight excluding hydrogens is 350 g/mol. The van der Waals surface area contributed by atoms with Gasteiger partial charge < -0.3 is 14.5 Å². The van der Waals surface area contributed by atoms with Crippen molar-refractivity contribution in [3.05, 3.63) is 75.6 Å². The molecule has 0 aliphatic carbocycles. The van der Waals surface area contributed by atoms with Crippen LogP contribution in [0.15, 0.2) is 53.3 Å². The fraction of sp³-hybridized carbons (Fsp3) is 0.375. The Bertz CT molecular complexity index is 985.